The number of carbonyl (C=O) groups excluding carboxylic acids is 1. The standard InChI is InChI=1S/C17H27NO/c1-7-18(8-2)17(5,6)16(19)12-15-13(3)10-9-11-14(15)4/h9-11H,7-8,12H2,1-6H3. The third-order valence-electron chi connectivity index (χ3n) is 4.22. The molecule has 0 atom stereocenters. The summed E-state index contributed by atoms with van der Waals surface area (Å²) in [6, 6.07) is 6.22. The molecule has 2 heteroatoms. The van der Waals surface area contributed by atoms with Gasteiger partial charge in [-0.2, -0.15) is 0 Å². The number of ketones is 1. The van der Waals surface area contributed by atoms with Crippen LogP contribution in [-0.4, -0.2) is 29.3 Å². The molecule has 0 spiro atoms. The Kier molecular flexibility index (Phi) is 5.30. The molecule has 1 aromatic carbocycles. The third-order valence-corrected chi connectivity index (χ3v) is 4.22. The maximum Gasteiger partial charge on any atom is 0.156 e. The highest BCUT2D eigenvalue weighted by Gasteiger charge is 2.32. The average Bonchev–Trinajstić information content (AvgIpc) is 2.34. The van der Waals surface area contributed by atoms with Crippen molar-refractivity contribution in [2.24, 2.45) is 0 Å². The number of hydrogen-bond acceptors (Lipinski definition) is 2. The maximum atomic E-state index is 12.7. The molecule has 0 aliphatic rings. The van der Waals surface area contributed by atoms with E-state index >= 15 is 0 Å². The van der Waals surface area contributed by atoms with Crippen LogP contribution in [0.1, 0.15) is 44.4 Å². The molecular formula is C17H27NO. The molecule has 106 valence electrons. The number of carbonyl (C=O) groups is 1. The van der Waals surface area contributed by atoms with Gasteiger partial charge >= 0.3 is 0 Å². The predicted molar refractivity (Wildman–Crippen MR) is 81.6 cm³/mol. The summed E-state index contributed by atoms with van der Waals surface area (Å²) in [7, 11) is 0. The van der Waals surface area contributed by atoms with Crippen molar-refractivity contribution in [2.45, 2.75) is 53.5 Å². The van der Waals surface area contributed by atoms with Gasteiger partial charge in [0.1, 0.15) is 0 Å². The van der Waals surface area contributed by atoms with Crippen molar-refractivity contribution >= 4 is 5.78 Å². The van der Waals surface area contributed by atoms with Gasteiger partial charge in [-0.25, -0.2) is 0 Å². The van der Waals surface area contributed by atoms with Crippen molar-refractivity contribution in [2.75, 3.05) is 13.1 Å². The van der Waals surface area contributed by atoms with Crippen molar-refractivity contribution < 1.29 is 4.79 Å². The van der Waals surface area contributed by atoms with Crippen LogP contribution in [0.4, 0.5) is 0 Å². The van der Waals surface area contributed by atoms with Gasteiger partial charge in [-0.3, -0.25) is 9.69 Å². The van der Waals surface area contributed by atoms with Crippen molar-refractivity contribution in [3.8, 4) is 0 Å². The number of benzene rings is 1. The molecule has 1 aromatic rings. The van der Waals surface area contributed by atoms with Gasteiger partial charge in [-0.15, -0.1) is 0 Å². The van der Waals surface area contributed by atoms with Crippen LogP contribution in [0.25, 0.3) is 0 Å². The minimum Gasteiger partial charge on any atom is -0.297 e. The van der Waals surface area contributed by atoms with Gasteiger partial charge in [0.05, 0.1) is 5.54 Å². The zero-order valence-corrected chi connectivity index (χ0v) is 13.2. The highest BCUT2D eigenvalue weighted by Crippen LogP contribution is 2.21. The summed E-state index contributed by atoms with van der Waals surface area (Å²) in [5, 5.41) is 0. The van der Waals surface area contributed by atoms with Gasteiger partial charge in [0, 0.05) is 6.42 Å². The number of hydrogen-bond donors (Lipinski definition) is 0. The smallest absolute Gasteiger partial charge is 0.156 e. The molecule has 0 aliphatic carbocycles. The fraction of sp³-hybridized carbons (Fsp3) is 0.588. The Labute approximate surface area is 117 Å². The molecule has 0 unspecified atom stereocenters. The van der Waals surface area contributed by atoms with Crippen LogP contribution < -0.4 is 0 Å². The molecule has 0 aliphatic heterocycles. The van der Waals surface area contributed by atoms with E-state index in [1.165, 1.54) is 16.7 Å². The normalized spacial score (nSPS) is 11.9. The predicted octanol–water partition coefficient (Wildman–Crippen LogP) is 3.54. The van der Waals surface area contributed by atoms with Crippen molar-refractivity contribution in [1.82, 2.24) is 4.90 Å². The van der Waals surface area contributed by atoms with Gasteiger partial charge in [0.25, 0.3) is 0 Å². The molecule has 0 aromatic heterocycles. The second-order valence-electron chi connectivity index (χ2n) is 5.70. The Morgan fingerprint density at radius 1 is 1.11 bits per heavy atom. The molecule has 0 N–H and O–H groups in total. The largest absolute Gasteiger partial charge is 0.297 e. The summed E-state index contributed by atoms with van der Waals surface area (Å²) in [6.07, 6.45) is 0.530. The minimum absolute atomic E-state index is 0.300. The quantitative estimate of drug-likeness (QED) is 0.780. The highest BCUT2D eigenvalue weighted by molar-refractivity contribution is 5.89. The second-order valence-corrected chi connectivity index (χ2v) is 5.70. The van der Waals surface area contributed by atoms with Crippen molar-refractivity contribution in [3.63, 3.8) is 0 Å². The summed E-state index contributed by atoms with van der Waals surface area (Å²) >= 11 is 0. The van der Waals surface area contributed by atoms with Crippen LogP contribution in [0.2, 0.25) is 0 Å². The molecular weight excluding hydrogens is 234 g/mol. The molecule has 0 saturated heterocycles. The number of Topliss-reactive ketones (excluding diaryl/α,β-unsaturated/α-hetero) is 1. The number of nitrogens with zero attached hydrogens (tertiary/aromatic N) is 1. The third kappa shape index (κ3) is 3.44. The number of likely N-dealkylation sites (N-methyl/N-ethyl adjacent to an activating group) is 1. The van der Waals surface area contributed by atoms with E-state index in [0.717, 1.165) is 13.1 Å². The minimum atomic E-state index is -0.391. The monoisotopic (exact) mass is 261 g/mol. The van der Waals surface area contributed by atoms with Crippen LogP contribution in [0, 0.1) is 13.8 Å². The van der Waals surface area contributed by atoms with E-state index in [4.69, 9.17) is 0 Å². The summed E-state index contributed by atoms with van der Waals surface area (Å²) < 4.78 is 0. The number of aryl methyl sites for hydroxylation is 2. The topological polar surface area (TPSA) is 20.3 Å². The van der Waals surface area contributed by atoms with Crippen LogP contribution in [-0.2, 0) is 11.2 Å². The average molecular weight is 261 g/mol. The lowest BCUT2D eigenvalue weighted by Gasteiger charge is -2.36. The SMILES string of the molecule is CCN(CC)C(C)(C)C(=O)Cc1c(C)cccc1C. The van der Waals surface area contributed by atoms with Crippen molar-refractivity contribution in [1.29, 1.82) is 0 Å². The molecule has 0 saturated carbocycles. The second kappa shape index (κ2) is 6.33. The fourth-order valence-corrected chi connectivity index (χ4v) is 2.70. The first kappa shape index (κ1) is 15.9. The summed E-state index contributed by atoms with van der Waals surface area (Å²) in [5.41, 5.74) is 3.22. The van der Waals surface area contributed by atoms with E-state index in [0.29, 0.717) is 12.2 Å². The van der Waals surface area contributed by atoms with E-state index in [2.05, 4.69) is 44.7 Å². The molecule has 0 bridgehead atoms. The van der Waals surface area contributed by atoms with E-state index in [9.17, 15) is 4.79 Å². The molecule has 2 nitrogen and oxygen atoms in total. The van der Waals surface area contributed by atoms with Crippen LogP contribution >= 0.6 is 0 Å². The van der Waals surface area contributed by atoms with E-state index in [1.807, 2.05) is 19.9 Å². The van der Waals surface area contributed by atoms with Gasteiger partial charge in [0.2, 0.25) is 0 Å². The lowest BCUT2D eigenvalue weighted by atomic mass is 9.88. The Morgan fingerprint density at radius 2 is 1.58 bits per heavy atom. The number of rotatable bonds is 6. The zero-order valence-electron chi connectivity index (χ0n) is 13.2. The van der Waals surface area contributed by atoms with E-state index in [-0.39, 0.29) is 0 Å². The van der Waals surface area contributed by atoms with Gasteiger partial charge in [-0.1, -0.05) is 32.0 Å². The molecule has 0 heterocycles. The van der Waals surface area contributed by atoms with Crippen LogP contribution in [0.15, 0.2) is 18.2 Å². The fourth-order valence-electron chi connectivity index (χ4n) is 2.70. The first-order chi connectivity index (χ1) is 8.84. The van der Waals surface area contributed by atoms with Gasteiger partial charge < -0.3 is 0 Å². The lowest BCUT2D eigenvalue weighted by Crippen LogP contribution is -2.50. The van der Waals surface area contributed by atoms with E-state index in [1.54, 1.807) is 0 Å². The molecule has 0 fully saturated rings. The Balaban J connectivity index is 2.96. The lowest BCUT2D eigenvalue weighted by molar-refractivity contribution is -0.128. The van der Waals surface area contributed by atoms with Gasteiger partial charge in [0.15, 0.2) is 5.78 Å². The molecule has 19 heavy (non-hydrogen) atoms. The van der Waals surface area contributed by atoms with Crippen LogP contribution in [0.5, 0.6) is 0 Å². The zero-order chi connectivity index (χ0) is 14.6. The highest BCUT2D eigenvalue weighted by atomic mass is 16.1. The molecule has 0 radical (unpaired) electrons. The summed E-state index contributed by atoms with van der Waals surface area (Å²) in [6.45, 7) is 14.3. The first-order valence-corrected chi connectivity index (χ1v) is 7.18. The van der Waals surface area contributed by atoms with Gasteiger partial charge in [-0.05, 0) is 57.5 Å². The first-order valence-electron chi connectivity index (χ1n) is 7.18. The Bertz CT molecular complexity index is 424. The van der Waals surface area contributed by atoms with Crippen LogP contribution in [0.3, 0.4) is 0 Å². The van der Waals surface area contributed by atoms with E-state index < -0.39 is 5.54 Å². The van der Waals surface area contributed by atoms with Crippen molar-refractivity contribution in [3.05, 3.63) is 34.9 Å². The Hall–Kier alpha value is -1.15. The maximum absolute atomic E-state index is 12.7. The molecule has 1 rings (SSSR count). The molecule has 0 amide bonds. The summed E-state index contributed by atoms with van der Waals surface area (Å²) in [4.78, 5) is 14.9. The Morgan fingerprint density at radius 3 is 2.00 bits per heavy atom. The summed E-state index contributed by atoms with van der Waals surface area (Å²) in [5.74, 6) is 0.300.